The normalized spacial score (nSPS) is 22.6. The van der Waals surface area contributed by atoms with Gasteiger partial charge in [-0.15, -0.1) is 0 Å². The maximum atomic E-state index is 11.8. The molecular weight excluding hydrogens is 380 g/mol. The van der Waals surface area contributed by atoms with Crippen molar-refractivity contribution in [2.45, 2.75) is 122 Å². The van der Waals surface area contributed by atoms with Crippen LogP contribution in [-0.2, 0) is 14.3 Å². The molecular formula is C25H46O5. The van der Waals surface area contributed by atoms with E-state index in [1.165, 1.54) is 57.8 Å². The molecule has 4 atom stereocenters. The lowest BCUT2D eigenvalue weighted by atomic mass is 10.0. The van der Waals surface area contributed by atoms with Crippen LogP contribution in [0.5, 0.6) is 0 Å². The van der Waals surface area contributed by atoms with E-state index in [1.54, 1.807) is 0 Å². The molecule has 1 heterocycles. The first-order chi connectivity index (χ1) is 14.6. The predicted octanol–water partition coefficient (Wildman–Crippen LogP) is 5.32. The van der Waals surface area contributed by atoms with Crippen molar-refractivity contribution in [1.29, 1.82) is 0 Å². The van der Waals surface area contributed by atoms with Gasteiger partial charge in [0.1, 0.15) is 18.8 Å². The Balaban J connectivity index is 1.87. The number of rotatable bonds is 18. The standard InChI is InChI=1S/C25H46O5/c1-3-4-5-6-7-8-9-10-11-12-13-14-15-16-17-18-23(27)29-20-22(26)25-24(28)21(2)19-30-25/h10-11,21-22,24-26,28H,3-9,12-20H2,1-2H3/b11-10-/t21?,22?,24-,25-/m1/s1. The Labute approximate surface area is 184 Å². The van der Waals surface area contributed by atoms with Crippen LogP contribution in [0.3, 0.4) is 0 Å². The average molecular weight is 427 g/mol. The molecule has 2 N–H and O–H groups in total. The zero-order valence-corrected chi connectivity index (χ0v) is 19.4. The number of carbonyl (C=O) groups is 1. The van der Waals surface area contributed by atoms with E-state index >= 15 is 0 Å². The van der Waals surface area contributed by atoms with Crippen LogP contribution in [0.25, 0.3) is 0 Å². The van der Waals surface area contributed by atoms with E-state index in [2.05, 4.69) is 19.1 Å². The predicted molar refractivity (Wildman–Crippen MR) is 121 cm³/mol. The van der Waals surface area contributed by atoms with E-state index in [-0.39, 0.29) is 18.5 Å². The van der Waals surface area contributed by atoms with Gasteiger partial charge in [-0.25, -0.2) is 0 Å². The Morgan fingerprint density at radius 3 is 2.13 bits per heavy atom. The largest absolute Gasteiger partial charge is 0.463 e. The van der Waals surface area contributed by atoms with Crippen molar-refractivity contribution in [2.24, 2.45) is 5.92 Å². The van der Waals surface area contributed by atoms with Gasteiger partial charge in [-0.1, -0.05) is 77.4 Å². The number of hydrogen-bond donors (Lipinski definition) is 2. The molecule has 5 nitrogen and oxygen atoms in total. The van der Waals surface area contributed by atoms with Gasteiger partial charge in [-0.05, 0) is 32.1 Å². The number of unbranched alkanes of at least 4 members (excludes halogenated alkanes) is 11. The molecule has 0 saturated carbocycles. The summed E-state index contributed by atoms with van der Waals surface area (Å²) < 4.78 is 10.5. The SMILES string of the molecule is CCCCCCCC/C=C\CCCCCCCC(=O)OCC(O)[C@H]1OCC(C)[C@H]1O. The smallest absolute Gasteiger partial charge is 0.305 e. The van der Waals surface area contributed by atoms with Gasteiger partial charge in [0.25, 0.3) is 0 Å². The van der Waals surface area contributed by atoms with Crippen molar-refractivity contribution in [3.05, 3.63) is 12.2 Å². The second kappa shape index (κ2) is 17.7. The van der Waals surface area contributed by atoms with Crippen molar-refractivity contribution in [2.75, 3.05) is 13.2 Å². The zero-order valence-electron chi connectivity index (χ0n) is 19.4. The second-order valence-corrected chi connectivity index (χ2v) is 8.85. The maximum absolute atomic E-state index is 11.8. The summed E-state index contributed by atoms with van der Waals surface area (Å²) in [4.78, 5) is 11.8. The summed E-state index contributed by atoms with van der Waals surface area (Å²) >= 11 is 0. The highest BCUT2D eigenvalue weighted by Crippen LogP contribution is 2.22. The fourth-order valence-electron chi connectivity index (χ4n) is 3.81. The van der Waals surface area contributed by atoms with E-state index in [0.717, 1.165) is 25.7 Å². The Bertz CT molecular complexity index is 451. The summed E-state index contributed by atoms with van der Waals surface area (Å²) in [7, 11) is 0. The third-order valence-corrected chi connectivity index (χ3v) is 5.91. The molecule has 1 saturated heterocycles. The molecule has 1 aliphatic rings. The fraction of sp³-hybridized carbons (Fsp3) is 0.880. The minimum Gasteiger partial charge on any atom is -0.463 e. The molecule has 0 aromatic heterocycles. The molecule has 1 fully saturated rings. The molecule has 0 bridgehead atoms. The first kappa shape index (κ1) is 27.1. The van der Waals surface area contributed by atoms with Crippen molar-refractivity contribution in [3.63, 3.8) is 0 Å². The molecule has 2 unspecified atom stereocenters. The van der Waals surface area contributed by atoms with Gasteiger partial charge in [-0.2, -0.15) is 0 Å². The highest BCUT2D eigenvalue weighted by molar-refractivity contribution is 5.69. The Morgan fingerprint density at radius 2 is 1.57 bits per heavy atom. The fourth-order valence-corrected chi connectivity index (χ4v) is 3.81. The molecule has 30 heavy (non-hydrogen) atoms. The van der Waals surface area contributed by atoms with Crippen LogP contribution in [0, 0.1) is 5.92 Å². The van der Waals surface area contributed by atoms with Gasteiger partial charge in [0.15, 0.2) is 0 Å². The van der Waals surface area contributed by atoms with Crippen LogP contribution in [0.1, 0.15) is 104 Å². The molecule has 0 spiro atoms. The van der Waals surface area contributed by atoms with Crippen LogP contribution >= 0.6 is 0 Å². The lowest BCUT2D eigenvalue weighted by Crippen LogP contribution is -2.39. The van der Waals surface area contributed by atoms with Gasteiger partial charge >= 0.3 is 5.97 Å². The quantitative estimate of drug-likeness (QED) is 0.176. The number of aliphatic hydroxyl groups is 2. The molecule has 0 aromatic carbocycles. The molecule has 0 radical (unpaired) electrons. The molecule has 1 rings (SSSR count). The molecule has 5 heteroatoms. The molecule has 0 aromatic rings. The summed E-state index contributed by atoms with van der Waals surface area (Å²) in [6.07, 6.45) is 18.6. The Morgan fingerprint density at radius 1 is 1.00 bits per heavy atom. The molecule has 1 aliphatic heterocycles. The van der Waals surface area contributed by atoms with Crippen molar-refractivity contribution < 1.29 is 24.5 Å². The Kier molecular flexibility index (Phi) is 16.0. The van der Waals surface area contributed by atoms with Crippen molar-refractivity contribution in [3.8, 4) is 0 Å². The third kappa shape index (κ3) is 12.7. The number of hydrogen-bond acceptors (Lipinski definition) is 5. The number of aliphatic hydroxyl groups excluding tert-OH is 2. The van der Waals surface area contributed by atoms with Crippen molar-refractivity contribution in [1.82, 2.24) is 0 Å². The van der Waals surface area contributed by atoms with Crippen molar-refractivity contribution >= 4 is 5.97 Å². The summed E-state index contributed by atoms with van der Waals surface area (Å²) in [6.45, 7) is 4.44. The van der Waals surface area contributed by atoms with Crippen LogP contribution in [-0.4, -0.2) is 47.7 Å². The minimum atomic E-state index is -0.969. The first-order valence-corrected chi connectivity index (χ1v) is 12.3. The first-order valence-electron chi connectivity index (χ1n) is 12.3. The third-order valence-electron chi connectivity index (χ3n) is 5.91. The summed E-state index contributed by atoms with van der Waals surface area (Å²) in [5, 5.41) is 19.9. The molecule has 176 valence electrons. The number of allylic oxidation sites excluding steroid dienone is 2. The minimum absolute atomic E-state index is 0.00355. The Hall–Kier alpha value is -0.910. The van der Waals surface area contributed by atoms with E-state index in [4.69, 9.17) is 9.47 Å². The lowest BCUT2D eigenvalue weighted by Gasteiger charge is -2.21. The van der Waals surface area contributed by atoms with Crippen LogP contribution < -0.4 is 0 Å². The highest BCUT2D eigenvalue weighted by atomic mass is 16.6. The van der Waals surface area contributed by atoms with Gasteiger partial charge < -0.3 is 19.7 Å². The van der Waals surface area contributed by atoms with E-state index in [0.29, 0.717) is 13.0 Å². The topological polar surface area (TPSA) is 76.0 Å². The second-order valence-electron chi connectivity index (χ2n) is 8.85. The van der Waals surface area contributed by atoms with E-state index in [9.17, 15) is 15.0 Å². The molecule has 0 amide bonds. The van der Waals surface area contributed by atoms with Crippen LogP contribution in [0.15, 0.2) is 12.2 Å². The number of esters is 1. The number of ether oxygens (including phenoxy) is 2. The van der Waals surface area contributed by atoms with Gasteiger partial charge in [0.05, 0.1) is 12.7 Å². The maximum Gasteiger partial charge on any atom is 0.305 e. The summed E-state index contributed by atoms with van der Waals surface area (Å²) in [5.74, 6) is -0.289. The van der Waals surface area contributed by atoms with E-state index in [1.807, 2.05) is 6.92 Å². The summed E-state index contributed by atoms with van der Waals surface area (Å²) in [6, 6.07) is 0. The highest BCUT2D eigenvalue weighted by Gasteiger charge is 2.38. The number of carbonyl (C=O) groups excluding carboxylic acids is 1. The zero-order chi connectivity index (χ0) is 22.0. The van der Waals surface area contributed by atoms with Crippen LogP contribution in [0.2, 0.25) is 0 Å². The van der Waals surface area contributed by atoms with Gasteiger partial charge in [-0.3, -0.25) is 4.79 Å². The van der Waals surface area contributed by atoms with Gasteiger partial charge in [0.2, 0.25) is 0 Å². The monoisotopic (exact) mass is 426 g/mol. The van der Waals surface area contributed by atoms with Gasteiger partial charge in [0, 0.05) is 12.3 Å². The molecule has 0 aliphatic carbocycles. The summed E-state index contributed by atoms with van der Waals surface area (Å²) in [5.41, 5.74) is 0. The average Bonchev–Trinajstić information content (AvgIpc) is 3.07. The van der Waals surface area contributed by atoms with Crippen LogP contribution in [0.4, 0.5) is 0 Å². The lowest BCUT2D eigenvalue weighted by molar-refractivity contribution is -0.151. The van der Waals surface area contributed by atoms with E-state index < -0.39 is 18.3 Å².